The van der Waals surface area contributed by atoms with Gasteiger partial charge in [-0.05, 0) is 33.6 Å². The van der Waals surface area contributed by atoms with Crippen LogP contribution in [0, 0.1) is 17.2 Å². The number of fused-ring (bicyclic) bond motifs is 1. The van der Waals surface area contributed by atoms with Gasteiger partial charge in [-0.1, -0.05) is 0 Å². The van der Waals surface area contributed by atoms with Crippen molar-refractivity contribution in [2.45, 2.75) is 45.3 Å². The van der Waals surface area contributed by atoms with E-state index in [9.17, 15) is 4.79 Å². The Balaban J connectivity index is 1.57. The van der Waals surface area contributed by atoms with Crippen molar-refractivity contribution >= 4 is 17.8 Å². The zero-order valence-corrected chi connectivity index (χ0v) is 18.2. The van der Waals surface area contributed by atoms with E-state index in [-0.39, 0.29) is 23.8 Å². The summed E-state index contributed by atoms with van der Waals surface area (Å²) in [7, 11) is 1.61. The molecule has 0 saturated carbocycles. The van der Waals surface area contributed by atoms with Gasteiger partial charge >= 0.3 is 6.09 Å². The Morgan fingerprint density at radius 1 is 1.42 bits per heavy atom. The van der Waals surface area contributed by atoms with Crippen LogP contribution in [0.4, 0.5) is 10.6 Å². The van der Waals surface area contributed by atoms with Gasteiger partial charge < -0.3 is 24.1 Å². The second-order valence-corrected chi connectivity index (χ2v) is 8.84. The second-order valence-electron chi connectivity index (χ2n) is 8.84. The van der Waals surface area contributed by atoms with Crippen LogP contribution in [0.15, 0.2) is 29.0 Å². The number of nitrogens with zero attached hydrogens (tertiary/aromatic N) is 4. The van der Waals surface area contributed by atoms with Crippen LogP contribution >= 0.6 is 0 Å². The minimum atomic E-state index is -0.523. The number of nitrogens with one attached hydrogen (secondary N) is 1. The number of rotatable bonds is 3. The van der Waals surface area contributed by atoms with Crippen LogP contribution in [0.5, 0.6) is 0 Å². The minimum absolute atomic E-state index is 0.0505. The first kappa shape index (κ1) is 20.8. The van der Waals surface area contributed by atoms with Crippen LogP contribution in [0.25, 0.3) is 17.0 Å². The molecule has 31 heavy (non-hydrogen) atoms. The van der Waals surface area contributed by atoms with Gasteiger partial charge in [-0.25, -0.2) is 4.79 Å². The molecule has 1 saturated heterocycles. The normalized spacial score (nSPS) is 20.9. The monoisotopic (exact) mass is 425 g/mol. The molecule has 2 aromatic rings. The molecule has 0 radical (unpaired) electrons. The standard InChI is InChI=1S/C22H27N5O4/c1-22(2,3)31-21(28)26-7-5-6-14(12-26)18-9-19(29-4)27-20(25-18)17(11-24-27)15-8-16(10-23)30-13-15/h8-9,11,13-14,18,25H,5-7,12H2,1-4H3. The molecule has 1 fully saturated rings. The number of aromatic nitrogens is 2. The molecule has 2 aliphatic rings. The predicted molar refractivity (Wildman–Crippen MR) is 114 cm³/mol. The number of carbonyl (C=O) groups excluding carboxylic acids is 1. The Kier molecular flexibility index (Phi) is 5.39. The quantitative estimate of drug-likeness (QED) is 0.795. The van der Waals surface area contributed by atoms with Crippen molar-refractivity contribution in [3.63, 3.8) is 0 Å². The van der Waals surface area contributed by atoms with E-state index in [1.807, 2.05) is 32.9 Å². The largest absolute Gasteiger partial charge is 0.481 e. The van der Waals surface area contributed by atoms with E-state index < -0.39 is 5.60 Å². The van der Waals surface area contributed by atoms with E-state index in [0.29, 0.717) is 19.0 Å². The Hall–Kier alpha value is -3.41. The molecule has 0 aliphatic carbocycles. The molecule has 1 amide bonds. The van der Waals surface area contributed by atoms with Crippen molar-refractivity contribution in [1.29, 1.82) is 5.26 Å². The van der Waals surface area contributed by atoms with E-state index >= 15 is 0 Å². The van der Waals surface area contributed by atoms with Crippen molar-refractivity contribution in [3.05, 3.63) is 30.4 Å². The fraction of sp³-hybridized carbons (Fsp3) is 0.500. The molecule has 0 aromatic carbocycles. The summed E-state index contributed by atoms with van der Waals surface area (Å²) in [6, 6.07) is 3.64. The van der Waals surface area contributed by atoms with Crippen LogP contribution in [0.2, 0.25) is 0 Å². The van der Waals surface area contributed by atoms with Crippen molar-refractivity contribution in [1.82, 2.24) is 14.7 Å². The van der Waals surface area contributed by atoms with Crippen LogP contribution in [0.3, 0.4) is 0 Å². The first-order valence-corrected chi connectivity index (χ1v) is 10.4. The molecule has 0 bridgehead atoms. The van der Waals surface area contributed by atoms with Gasteiger partial charge in [0.1, 0.15) is 23.8 Å². The Bertz CT molecular complexity index is 1040. The van der Waals surface area contributed by atoms with Crippen molar-refractivity contribution in [3.8, 4) is 17.2 Å². The van der Waals surface area contributed by atoms with E-state index in [2.05, 4.69) is 10.4 Å². The lowest BCUT2D eigenvalue weighted by Gasteiger charge is -2.38. The number of methoxy groups -OCH3 is 1. The number of anilines is 1. The third kappa shape index (κ3) is 4.24. The number of carbonyl (C=O) groups is 1. The molecular formula is C22H27N5O4. The van der Waals surface area contributed by atoms with E-state index in [4.69, 9.17) is 19.2 Å². The summed E-state index contributed by atoms with van der Waals surface area (Å²) in [5, 5.41) is 17.1. The number of furan rings is 1. The number of nitriles is 1. The van der Waals surface area contributed by atoms with E-state index in [1.54, 1.807) is 35.2 Å². The molecule has 2 unspecified atom stereocenters. The average Bonchev–Trinajstić information content (AvgIpc) is 3.38. The molecule has 0 spiro atoms. The van der Waals surface area contributed by atoms with Crippen LogP contribution < -0.4 is 5.32 Å². The molecule has 1 N–H and O–H groups in total. The molecule has 2 aliphatic heterocycles. The lowest BCUT2D eigenvalue weighted by atomic mass is 9.90. The molecule has 4 heterocycles. The molecule has 164 valence electrons. The van der Waals surface area contributed by atoms with Gasteiger partial charge in [0.25, 0.3) is 0 Å². The van der Waals surface area contributed by atoms with Gasteiger partial charge in [-0.3, -0.25) is 0 Å². The zero-order valence-electron chi connectivity index (χ0n) is 18.2. The van der Waals surface area contributed by atoms with Crippen molar-refractivity contribution in [2.75, 3.05) is 25.5 Å². The molecule has 2 atom stereocenters. The summed E-state index contributed by atoms with van der Waals surface area (Å²) in [5.74, 6) is 1.81. The van der Waals surface area contributed by atoms with Crippen LogP contribution in [-0.2, 0) is 9.47 Å². The molecule has 2 aromatic heterocycles. The van der Waals surface area contributed by atoms with Crippen LogP contribution in [0.1, 0.15) is 39.4 Å². The van der Waals surface area contributed by atoms with Gasteiger partial charge in [-0.2, -0.15) is 15.0 Å². The third-order valence-electron chi connectivity index (χ3n) is 5.45. The fourth-order valence-electron chi connectivity index (χ4n) is 4.03. The van der Waals surface area contributed by atoms with Gasteiger partial charge in [0.05, 0.1) is 19.3 Å². The summed E-state index contributed by atoms with van der Waals surface area (Å²) in [4.78, 5) is 14.4. The van der Waals surface area contributed by atoms with Gasteiger partial charge in [0.15, 0.2) is 0 Å². The predicted octanol–water partition coefficient (Wildman–Crippen LogP) is 3.90. The van der Waals surface area contributed by atoms with Gasteiger partial charge in [0.2, 0.25) is 11.6 Å². The first-order valence-electron chi connectivity index (χ1n) is 10.4. The maximum absolute atomic E-state index is 12.6. The summed E-state index contributed by atoms with van der Waals surface area (Å²) in [6.45, 7) is 6.90. The molecule has 4 rings (SSSR count). The lowest BCUT2D eigenvalue weighted by molar-refractivity contribution is 0.0162. The maximum atomic E-state index is 12.6. The summed E-state index contributed by atoms with van der Waals surface area (Å²) in [5.41, 5.74) is 1.06. The number of amides is 1. The third-order valence-corrected chi connectivity index (χ3v) is 5.45. The van der Waals surface area contributed by atoms with Gasteiger partial charge in [-0.15, -0.1) is 0 Å². The molecule has 9 nitrogen and oxygen atoms in total. The minimum Gasteiger partial charge on any atom is -0.481 e. The summed E-state index contributed by atoms with van der Waals surface area (Å²) in [6.07, 6.45) is 6.86. The van der Waals surface area contributed by atoms with Crippen LogP contribution in [-0.4, -0.2) is 52.6 Å². The highest BCUT2D eigenvalue weighted by Crippen LogP contribution is 2.36. The highest BCUT2D eigenvalue weighted by atomic mass is 16.6. The Morgan fingerprint density at radius 2 is 2.23 bits per heavy atom. The van der Waals surface area contributed by atoms with E-state index in [1.165, 1.54) is 0 Å². The maximum Gasteiger partial charge on any atom is 0.410 e. The average molecular weight is 425 g/mol. The van der Waals surface area contributed by atoms with Crippen molar-refractivity contribution < 1.29 is 18.7 Å². The lowest BCUT2D eigenvalue weighted by Crippen LogP contribution is -2.47. The summed E-state index contributed by atoms with van der Waals surface area (Å²) < 4.78 is 18.1. The second kappa shape index (κ2) is 8.02. The molecular weight excluding hydrogens is 398 g/mol. The number of hydrogen-bond acceptors (Lipinski definition) is 7. The highest BCUT2D eigenvalue weighted by Gasteiger charge is 2.34. The number of likely N-dealkylation sites (tertiary alicyclic amines) is 1. The van der Waals surface area contributed by atoms with E-state index in [0.717, 1.165) is 29.8 Å². The topological polar surface area (TPSA) is 106 Å². The van der Waals surface area contributed by atoms with Gasteiger partial charge in [0, 0.05) is 42.3 Å². The Morgan fingerprint density at radius 3 is 2.90 bits per heavy atom. The fourth-order valence-corrected chi connectivity index (χ4v) is 4.03. The zero-order chi connectivity index (χ0) is 22.2. The highest BCUT2D eigenvalue weighted by molar-refractivity contribution is 5.78. The first-order chi connectivity index (χ1) is 14.8. The SMILES string of the molecule is COC1=CC(C2CCCN(C(=O)OC(C)(C)C)C2)Nc2c(-c3coc(C#N)c3)cnn21. The number of hydrogen-bond donors (Lipinski definition) is 1. The summed E-state index contributed by atoms with van der Waals surface area (Å²) >= 11 is 0. The molecule has 9 heteroatoms. The Labute approximate surface area is 181 Å². The van der Waals surface area contributed by atoms with Crippen molar-refractivity contribution in [2.24, 2.45) is 5.92 Å². The smallest absolute Gasteiger partial charge is 0.410 e. The number of ether oxygens (including phenoxy) is 2. The number of piperidine rings is 1.